The van der Waals surface area contributed by atoms with Crippen molar-refractivity contribution in [3.63, 3.8) is 0 Å². The van der Waals surface area contributed by atoms with Crippen LogP contribution < -0.4 is 10.6 Å². The summed E-state index contributed by atoms with van der Waals surface area (Å²) in [5.74, 6) is 0.105. The SMILES string of the molecule is COP(=O)(CC(=O)[C@H](CCC1CCNCC1)NC(=O)OCc1ccccc1)OC. The first kappa shape index (κ1) is 23.5. The Morgan fingerprint density at radius 2 is 1.83 bits per heavy atom. The van der Waals surface area contributed by atoms with Crippen LogP contribution in [0.5, 0.6) is 0 Å². The normalized spacial score (nSPS) is 16.2. The summed E-state index contributed by atoms with van der Waals surface area (Å²) in [4.78, 5) is 25.0. The van der Waals surface area contributed by atoms with E-state index >= 15 is 0 Å². The number of alkyl carbamates (subject to hydrolysis) is 1. The van der Waals surface area contributed by atoms with E-state index in [4.69, 9.17) is 13.8 Å². The minimum Gasteiger partial charge on any atom is -0.445 e. The topological polar surface area (TPSA) is 103 Å². The van der Waals surface area contributed by atoms with Gasteiger partial charge in [-0.3, -0.25) is 9.36 Å². The Labute approximate surface area is 172 Å². The maximum atomic E-state index is 12.7. The van der Waals surface area contributed by atoms with Crippen LogP contribution in [0.1, 0.15) is 31.2 Å². The third-order valence-corrected chi connectivity index (χ3v) is 6.93. The lowest BCUT2D eigenvalue weighted by Gasteiger charge is -2.25. The molecular formula is C20H31N2O6P. The van der Waals surface area contributed by atoms with Crippen molar-refractivity contribution in [1.29, 1.82) is 0 Å². The first-order chi connectivity index (χ1) is 14.0. The molecule has 1 heterocycles. The standard InChI is InChI=1S/C20H31N2O6P/c1-26-29(25,27-2)15-19(23)18(9-8-16-10-12-21-13-11-16)22-20(24)28-14-17-6-4-3-5-7-17/h3-7,16,18,21H,8-15H2,1-2H3,(H,22,24)/t18-/m0/s1. The molecule has 1 atom stereocenters. The lowest BCUT2D eigenvalue weighted by atomic mass is 9.91. The van der Waals surface area contributed by atoms with Gasteiger partial charge in [-0.15, -0.1) is 0 Å². The first-order valence-electron chi connectivity index (χ1n) is 9.87. The van der Waals surface area contributed by atoms with Gasteiger partial charge in [0.05, 0.1) is 6.04 Å². The largest absolute Gasteiger partial charge is 0.445 e. The number of benzene rings is 1. The van der Waals surface area contributed by atoms with Crippen LogP contribution in [0.15, 0.2) is 30.3 Å². The molecule has 0 bridgehead atoms. The molecule has 1 saturated heterocycles. The van der Waals surface area contributed by atoms with Gasteiger partial charge >= 0.3 is 13.7 Å². The van der Waals surface area contributed by atoms with Crippen molar-refractivity contribution >= 4 is 19.5 Å². The number of Topliss-reactive ketones (excluding diaryl/α,β-unsaturated/α-hetero) is 1. The van der Waals surface area contributed by atoms with Crippen LogP contribution in [0.2, 0.25) is 0 Å². The predicted molar refractivity (Wildman–Crippen MR) is 110 cm³/mol. The third-order valence-electron chi connectivity index (χ3n) is 5.12. The molecule has 0 unspecified atom stereocenters. The number of carbonyl (C=O) groups is 2. The van der Waals surface area contributed by atoms with E-state index in [1.165, 1.54) is 14.2 Å². The molecule has 0 spiro atoms. The number of hydrogen-bond donors (Lipinski definition) is 2. The Balaban J connectivity index is 1.95. The van der Waals surface area contributed by atoms with E-state index in [-0.39, 0.29) is 12.4 Å². The summed E-state index contributed by atoms with van der Waals surface area (Å²) in [6.45, 7) is 2.02. The van der Waals surface area contributed by atoms with Crippen molar-refractivity contribution in [1.82, 2.24) is 10.6 Å². The average molecular weight is 426 g/mol. The highest BCUT2D eigenvalue weighted by Crippen LogP contribution is 2.46. The Bertz CT molecular complexity index is 685. The smallest absolute Gasteiger partial charge is 0.408 e. The fourth-order valence-corrected chi connectivity index (χ4v) is 4.31. The highest BCUT2D eigenvalue weighted by Gasteiger charge is 2.31. The van der Waals surface area contributed by atoms with E-state index in [0.29, 0.717) is 12.3 Å². The zero-order valence-corrected chi connectivity index (χ0v) is 18.0. The first-order valence-corrected chi connectivity index (χ1v) is 11.6. The van der Waals surface area contributed by atoms with Gasteiger partial charge < -0.3 is 24.4 Å². The average Bonchev–Trinajstić information content (AvgIpc) is 2.76. The van der Waals surface area contributed by atoms with Crippen molar-refractivity contribution in [2.75, 3.05) is 33.5 Å². The number of amides is 1. The Hall–Kier alpha value is -1.73. The molecule has 8 nitrogen and oxygen atoms in total. The van der Waals surface area contributed by atoms with E-state index in [1.807, 2.05) is 30.3 Å². The molecule has 1 fully saturated rings. The summed E-state index contributed by atoms with van der Waals surface area (Å²) in [5, 5.41) is 5.95. The summed E-state index contributed by atoms with van der Waals surface area (Å²) in [6.07, 6.45) is 2.25. The molecule has 1 amide bonds. The molecule has 1 aromatic carbocycles. The van der Waals surface area contributed by atoms with Gasteiger partial charge in [-0.2, -0.15) is 0 Å². The third kappa shape index (κ3) is 8.26. The highest BCUT2D eigenvalue weighted by molar-refractivity contribution is 7.54. The van der Waals surface area contributed by atoms with Crippen LogP contribution in [0, 0.1) is 5.92 Å². The Kier molecular flexibility index (Phi) is 9.81. The molecule has 1 aromatic rings. The van der Waals surface area contributed by atoms with E-state index < -0.39 is 25.9 Å². The molecule has 1 aliphatic rings. The number of piperidine rings is 1. The summed E-state index contributed by atoms with van der Waals surface area (Å²) in [6, 6.07) is 8.49. The van der Waals surface area contributed by atoms with E-state index in [2.05, 4.69) is 10.6 Å². The monoisotopic (exact) mass is 426 g/mol. The van der Waals surface area contributed by atoms with Gasteiger partial charge in [0.1, 0.15) is 12.8 Å². The second-order valence-electron chi connectivity index (χ2n) is 7.13. The van der Waals surface area contributed by atoms with E-state index in [0.717, 1.165) is 37.9 Å². The fraction of sp³-hybridized carbons (Fsp3) is 0.600. The number of nitrogens with one attached hydrogen (secondary N) is 2. The quantitative estimate of drug-likeness (QED) is 0.524. The lowest BCUT2D eigenvalue weighted by Crippen LogP contribution is -2.43. The van der Waals surface area contributed by atoms with Crippen LogP contribution in [0.4, 0.5) is 4.79 Å². The van der Waals surface area contributed by atoms with Gasteiger partial charge in [-0.25, -0.2) is 4.79 Å². The van der Waals surface area contributed by atoms with Crippen molar-refractivity contribution in [2.45, 2.75) is 38.3 Å². The van der Waals surface area contributed by atoms with Gasteiger partial charge in [0.25, 0.3) is 0 Å². The summed E-state index contributed by atoms with van der Waals surface area (Å²) in [7, 11) is -1.03. The van der Waals surface area contributed by atoms with E-state index in [1.54, 1.807) is 0 Å². The number of ketones is 1. The lowest BCUT2D eigenvalue weighted by molar-refractivity contribution is -0.119. The zero-order valence-electron chi connectivity index (χ0n) is 17.1. The Morgan fingerprint density at radius 1 is 1.17 bits per heavy atom. The summed E-state index contributed by atoms with van der Waals surface area (Å²) >= 11 is 0. The highest BCUT2D eigenvalue weighted by atomic mass is 31.2. The molecule has 0 saturated carbocycles. The van der Waals surface area contributed by atoms with Gasteiger partial charge in [0.15, 0.2) is 5.78 Å². The molecule has 2 N–H and O–H groups in total. The van der Waals surface area contributed by atoms with Gasteiger partial charge in [-0.1, -0.05) is 30.3 Å². The zero-order chi connectivity index (χ0) is 21.1. The maximum Gasteiger partial charge on any atom is 0.408 e. The fourth-order valence-electron chi connectivity index (χ4n) is 3.30. The molecule has 29 heavy (non-hydrogen) atoms. The molecular weight excluding hydrogens is 395 g/mol. The molecule has 0 radical (unpaired) electrons. The number of carbonyl (C=O) groups excluding carboxylic acids is 2. The molecule has 9 heteroatoms. The van der Waals surface area contributed by atoms with E-state index in [9.17, 15) is 14.2 Å². The van der Waals surface area contributed by atoms with Crippen molar-refractivity contribution < 1.29 is 27.9 Å². The number of hydrogen-bond acceptors (Lipinski definition) is 7. The molecule has 162 valence electrons. The predicted octanol–water partition coefficient (Wildman–Crippen LogP) is 3.12. The molecule has 1 aliphatic heterocycles. The van der Waals surface area contributed by atoms with Gasteiger partial charge in [0, 0.05) is 14.2 Å². The second-order valence-corrected chi connectivity index (χ2v) is 9.40. The van der Waals surface area contributed by atoms with Crippen LogP contribution in [-0.4, -0.2) is 51.4 Å². The molecule has 0 aromatic heterocycles. The van der Waals surface area contributed by atoms with Crippen LogP contribution in [0.25, 0.3) is 0 Å². The molecule has 2 rings (SSSR count). The summed E-state index contributed by atoms with van der Waals surface area (Å²) in [5.41, 5.74) is 0.850. The maximum absolute atomic E-state index is 12.7. The van der Waals surface area contributed by atoms with Crippen LogP contribution in [-0.2, 0) is 29.8 Å². The minimum absolute atomic E-state index is 0.108. The van der Waals surface area contributed by atoms with Crippen LogP contribution >= 0.6 is 7.60 Å². The van der Waals surface area contributed by atoms with Crippen molar-refractivity contribution in [3.8, 4) is 0 Å². The number of rotatable bonds is 11. The van der Waals surface area contributed by atoms with Crippen molar-refractivity contribution in [2.24, 2.45) is 5.92 Å². The van der Waals surface area contributed by atoms with Gasteiger partial charge in [-0.05, 0) is 50.3 Å². The van der Waals surface area contributed by atoms with Gasteiger partial charge in [0.2, 0.25) is 0 Å². The Morgan fingerprint density at radius 3 is 2.45 bits per heavy atom. The van der Waals surface area contributed by atoms with Crippen molar-refractivity contribution in [3.05, 3.63) is 35.9 Å². The van der Waals surface area contributed by atoms with Crippen LogP contribution in [0.3, 0.4) is 0 Å². The summed E-state index contributed by atoms with van der Waals surface area (Å²) < 4.78 is 27.3. The number of ether oxygens (including phenoxy) is 1. The second kappa shape index (κ2) is 12.1. The molecule has 0 aliphatic carbocycles. The minimum atomic E-state index is -3.51.